The molecular formula is C23H41N5O4. The lowest BCUT2D eigenvalue weighted by Gasteiger charge is -2.31. The van der Waals surface area contributed by atoms with Crippen molar-refractivity contribution in [2.75, 3.05) is 6.54 Å². The van der Waals surface area contributed by atoms with E-state index in [1.54, 1.807) is 17.9 Å². The molecule has 0 aliphatic carbocycles. The fraction of sp³-hybridized carbons (Fsp3) is 0.739. The number of nitrogens with one attached hydrogen (secondary N) is 3. The van der Waals surface area contributed by atoms with Crippen LogP contribution in [0.4, 0.5) is 0 Å². The van der Waals surface area contributed by atoms with Crippen LogP contribution in [0.15, 0.2) is 12.4 Å². The number of hydrazine groups is 1. The van der Waals surface area contributed by atoms with Crippen LogP contribution in [0.25, 0.3) is 0 Å². The monoisotopic (exact) mass is 451 g/mol. The van der Waals surface area contributed by atoms with E-state index in [4.69, 9.17) is 0 Å². The van der Waals surface area contributed by atoms with E-state index in [9.17, 15) is 19.6 Å². The molecule has 1 aromatic heterocycles. The standard InChI is InChI=1S/C23H41N5O4/c1-15(2)8-7-9-18(23(31)27-32)19(12-16(3)4)22(30)26-28(14-17(5)6)21(29)13-20-24-10-11-25-20/h10-11,15-19,32H,7-9,12-14H2,1-6H3,(H,24,25)(H,26,30)(H,27,31)/t18-,19+/m0/s1. The summed E-state index contributed by atoms with van der Waals surface area (Å²) in [4.78, 5) is 45.7. The smallest absolute Gasteiger partial charge is 0.248 e. The normalized spacial score (nSPS) is 13.3. The highest BCUT2D eigenvalue weighted by Crippen LogP contribution is 2.27. The molecule has 32 heavy (non-hydrogen) atoms. The van der Waals surface area contributed by atoms with Crippen molar-refractivity contribution in [2.24, 2.45) is 29.6 Å². The van der Waals surface area contributed by atoms with E-state index >= 15 is 0 Å². The van der Waals surface area contributed by atoms with Crippen molar-refractivity contribution < 1.29 is 19.6 Å². The number of carbonyl (C=O) groups excluding carboxylic acids is 3. The number of aromatic nitrogens is 2. The summed E-state index contributed by atoms with van der Waals surface area (Å²) < 4.78 is 0. The van der Waals surface area contributed by atoms with Gasteiger partial charge < -0.3 is 4.98 Å². The maximum absolute atomic E-state index is 13.3. The van der Waals surface area contributed by atoms with Gasteiger partial charge in [-0.2, -0.15) is 0 Å². The van der Waals surface area contributed by atoms with Crippen LogP contribution in [0.5, 0.6) is 0 Å². The van der Waals surface area contributed by atoms with Crippen molar-refractivity contribution in [3.05, 3.63) is 18.2 Å². The summed E-state index contributed by atoms with van der Waals surface area (Å²) in [7, 11) is 0. The summed E-state index contributed by atoms with van der Waals surface area (Å²) in [5.41, 5.74) is 4.50. The van der Waals surface area contributed by atoms with Crippen LogP contribution in [0.3, 0.4) is 0 Å². The molecular weight excluding hydrogens is 410 g/mol. The van der Waals surface area contributed by atoms with Gasteiger partial charge in [-0.05, 0) is 30.6 Å². The van der Waals surface area contributed by atoms with Gasteiger partial charge >= 0.3 is 0 Å². The summed E-state index contributed by atoms with van der Waals surface area (Å²) >= 11 is 0. The average Bonchev–Trinajstić information content (AvgIpc) is 3.20. The van der Waals surface area contributed by atoms with E-state index < -0.39 is 17.7 Å². The van der Waals surface area contributed by atoms with Crippen molar-refractivity contribution in [3.63, 3.8) is 0 Å². The number of H-pyrrole nitrogens is 1. The van der Waals surface area contributed by atoms with Crippen LogP contribution in [-0.4, -0.2) is 44.5 Å². The molecule has 9 nitrogen and oxygen atoms in total. The molecule has 0 aliphatic heterocycles. The Kier molecular flexibility index (Phi) is 12.0. The summed E-state index contributed by atoms with van der Waals surface area (Å²) in [5, 5.41) is 10.6. The van der Waals surface area contributed by atoms with Crippen LogP contribution in [-0.2, 0) is 20.8 Å². The molecule has 2 atom stereocenters. The molecule has 1 rings (SSSR count). The Morgan fingerprint density at radius 3 is 2.19 bits per heavy atom. The first-order chi connectivity index (χ1) is 15.0. The van der Waals surface area contributed by atoms with E-state index in [1.807, 2.05) is 27.7 Å². The molecule has 4 N–H and O–H groups in total. The number of carbonyl (C=O) groups is 3. The second-order valence-electron chi connectivity index (χ2n) is 9.73. The van der Waals surface area contributed by atoms with Gasteiger partial charge in [0.15, 0.2) is 0 Å². The third-order valence-electron chi connectivity index (χ3n) is 5.26. The first-order valence-corrected chi connectivity index (χ1v) is 11.6. The number of hydrogen-bond donors (Lipinski definition) is 4. The minimum absolute atomic E-state index is 0.0315. The van der Waals surface area contributed by atoms with Crippen LogP contribution in [0.2, 0.25) is 0 Å². The molecule has 1 heterocycles. The van der Waals surface area contributed by atoms with E-state index in [0.717, 1.165) is 12.8 Å². The summed E-state index contributed by atoms with van der Waals surface area (Å²) in [6.07, 6.45) is 5.89. The van der Waals surface area contributed by atoms with E-state index in [-0.39, 0.29) is 30.1 Å². The van der Waals surface area contributed by atoms with Gasteiger partial charge in [0.1, 0.15) is 5.82 Å². The summed E-state index contributed by atoms with van der Waals surface area (Å²) in [5.74, 6) is -1.30. The zero-order valence-corrected chi connectivity index (χ0v) is 20.4. The quantitative estimate of drug-likeness (QED) is 0.271. The number of aromatic amines is 1. The summed E-state index contributed by atoms with van der Waals surface area (Å²) in [6, 6.07) is 0. The van der Waals surface area contributed by atoms with Crippen LogP contribution >= 0.6 is 0 Å². The molecule has 3 amide bonds. The maximum Gasteiger partial charge on any atom is 0.248 e. The molecule has 0 fully saturated rings. The van der Waals surface area contributed by atoms with Crippen molar-refractivity contribution in [1.29, 1.82) is 0 Å². The molecule has 9 heteroatoms. The van der Waals surface area contributed by atoms with Crippen LogP contribution in [0, 0.1) is 29.6 Å². The minimum Gasteiger partial charge on any atom is -0.348 e. The fourth-order valence-electron chi connectivity index (χ4n) is 3.73. The molecule has 0 bridgehead atoms. The molecule has 0 aromatic carbocycles. The SMILES string of the molecule is CC(C)CCC[C@H](C(=O)NO)[C@@H](CC(C)C)C(=O)NN(CC(C)C)C(=O)Cc1ncc[nH]1. The van der Waals surface area contributed by atoms with Gasteiger partial charge in [-0.25, -0.2) is 10.5 Å². The van der Waals surface area contributed by atoms with Gasteiger partial charge in [-0.3, -0.25) is 30.0 Å². The number of amides is 3. The van der Waals surface area contributed by atoms with Crippen molar-refractivity contribution >= 4 is 17.7 Å². The zero-order chi connectivity index (χ0) is 24.3. The lowest BCUT2D eigenvalue weighted by molar-refractivity contribution is -0.148. The largest absolute Gasteiger partial charge is 0.348 e. The molecule has 0 saturated heterocycles. The first kappa shape index (κ1) is 27.6. The zero-order valence-electron chi connectivity index (χ0n) is 20.4. The predicted octanol–water partition coefficient (Wildman–Crippen LogP) is 3.08. The Morgan fingerprint density at radius 2 is 1.69 bits per heavy atom. The maximum atomic E-state index is 13.3. The van der Waals surface area contributed by atoms with Crippen molar-refractivity contribution in [2.45, 2.75) is 73.6 Å². The predicted molar refractivity (Wildman–Crippen MR) is 122 cm³/mol. The van der Waals surface area contributed by atoms with Gasteiger partial charge in [0.2, 0.25) is 17.7 Å². The number of hydrogen-bond acceptors (Lipinski definition) is 5. The summed E-state index contributed by atoms with van der Waals surface area (Å²) in [6.45, 7) is 12.4. The highest BCUT2D eigenvalue weighted by Gasteiger charge is 2.35. The minimum atomic E-state index is -0.678. The van der Waals surface area contributed by atoms with Crippen LogP contribution < -0.4 is 10.9 Å². The van der Waals surface area contributed by atoms with E-state index in [1.165, 1.54) is 5.01 Å². The molecule has 0 unspecified atom stereocenters. The molecule has 0 radical (unpaired) electrons. The van der Waals surface area contributed by atoms with Gasteiger partial charge in [-0.1, -0.05) is 54.4 Å². The number of nitrogens with zero attached hydrogens (tertiary/aromatic N) is 2. The van der Waals surface area contributed by atoms with Gasteiger partial charge in [0, 0.05) is 18.9 Å². The topological polar surface area (TPSA) is 127 Å². The molecule has 182 valence electrons. The molecule has 0 aliphatic rings. The Labute approximate surface area is 191 Å². The van der Waals surface area contributed by atoms with Gasteiger partial charge in [0.05, 0.1) is 18.3 Å². The molecule has 0 spiro atoms. The second-order valence-corrected chi connectivity index (χ2v) is 9.73. The van der Waals surface area contributed by atoms with Crippen molar-refractivity contribution in [3.8, 4) is 0 Å². The third kappa shape index (κ3) is 9.80. The van der Waals surface area contributed by atoms with E-state index in [0.29, 0.717) is 31.1 Å². The lowest BCUT2D eigenvalue weighted by Crippen LogP contribution is -2.52. The third-order valence-corrected chi connectivity index (χ3v) is 5.26. The van der Waals surface area contributed by atoms with Gasteiger partial charge in [-0.15, -0.1) is 0 Å². The lowest BCUT2D eigenvalue weighted by atomic mass is 9.81. The molecule has 1 aromatic rings. The fourth-order valence-corrected chi connectivity index (χ4v) is 3.73. The highest BCUT2D eigenvalue weighted by molar-refractivity contribution is 5.89. The Bertz CT molecular complexity index is 703. The first-order valence-electron chi connectivity index (χ1n) is 11.6. The highest BCUT2D eigenvalue weighted by atomic mass is 16.5. The van der Waals surface area contributed by atoms with Crippen LogP contribution in [0.1, 0.15) is 73.1 Å². The second kappa shape index (κ2) is 13.9. The Balaban J connectivity index is 3.05. The Morgan fingerprint density at radius 1 is 1.00 bits per heavy atom. The number of hydroxylamine groups is 1. The number of rotatable bonds is 13. The van der Waals surface area contributed by atoms with E-state index in [2.05, 4.69) is 29.2 Å². The Hall–Kier alpha value is -2.42. The van der Waals surface area contributed by atoms with Crippen molar-refractivity contribution in [1.82, 2.24) is 25.9 Å². The van der Waals surface area contributed by atoms with Gasteiger partial charge in [0.25, 0.3) is 0 Å². The molecule has 0 saturated carbocycles. The average molecular weight is 452 g/mol. The number of imidazole rings is 1.